The lowest BCUT2D eigenvalue weighted by Gasteiger charge is -2.43. The lowest BCUT2D eigenvalue weighted by Crippen LogP contribution is -2.62. The summed E-state index contributed by atoms with van der Waals surface area (Å²) < 4.78 is 1.81. The number of carbonyl (C=O) groups is 1. The van der Waals surface area contributed by atoms with Crippen molar-refractivity contribution in [3.8, 4) is 0 Å². The highest BCUT2D eigenvalue weighted by atomic mass is 16.2. The number of hydrogen-bond donors (Lipinski definition) is 1. The summed E-state index contributed by atoms with van der Waals surface area (Å²) in [5, 5.41) is 3.29. The van der Waals surface area contributed by atoms with Crippen LogP contribution in [0, 0.1) is 0 Å². The van der Waals surface area contributed by atoms with Crippen LogP contribution in [0.1, 0.15) is 10.5 Å². The van der Waals surface area contributed by atoms with Crippen LogP contribution >= 0.6 is 0 Å². The summed E-state index contributed by atoms with van der Waals surface area (Å²) in [5.41, 5.74) is 0.552. The number of piperazine rings is 1. The van der Waals surface area contributed by atoms with E-state index in [0.717, 1.165) is 39.3 Å². The van der Waals surface area contributed by atoms with E-state index in [1.54, 1.807) is 12.5 Å². The molecule has 1 aromatic rings. The Morgan fingerprint density at radius 1 is 1.33 bits per heavy atom. The molecular formula is C12H19N5O. The molecule has 1 N–H and O–H groups in total. The van der Waals surface area contributed by atoms with E-state index in [4.69, 9.17) is 0 Å². The average molecular weight is 249 g/mol. The van der Waals surface area contributed by atoms with Crippen molar-refractivity contribution in [3.63, 3.8) is 0 Å². The van der Waals surface area contributed by atoms with Crippen LogP contribution in [0.2, 0.25) is 0 Å². The van der Waals surface area contributed by atoms with Gasteiger partial charge in [-0.25, -0.2) is 4.98 Å². The first-order valence-electron chi connectivity index (χ1n) is 6.46. The molecule has 2 aliphatic rings. The Morgan fingerprint density at radius 2 is 2.06 bits per heavy atom. The van der Waals surface area contributed by atoms with Crippen molar-refractivity contribution >= 4 is 5.91 Å². The molecule has 0 bridgehead atoms. The number of carbonyl (C=O) groups excluding carboxylic acids is 1. The summed E-state index contributed by atoms with van der Waals surface area (Å²) in [6.07, 6.45) is 3.45. The fourth-order valence-corrected chi connectivity index (χ4v) is 2.51. The van der Waals surface area contributed by atoms with Gasteiger partial charge in [-0.2, -0.15) is 0 Å². The van der Waals surface area contributed by atoms with Gasteiger partial charge in [0.25, 0.3) is 5.91 Å². The monoisotopic (exact) mass is 249 g/mol. The number of aromatic nitrogens is 2. The van der Waals surface area contributed by atoms with Gasteiger partial charge in [0.2, 0.25) is 0 Å². The molecule has 3 heterocycles. The van der Waals surface area contributed by atoms with Gasteiger partial charge in [0.05, 0.1) is 6.33 Å². The number of rotatable bonds is 2. The number of amides is 1. The summed E-state index contributed by atoms with van der Waals surface area (Å²) in [6.45, 7) is 5.76. The van der Waals surface area contributed by atoms with E-state index in [0.29, 0.717) is 11.7 Å². The van der Waals surface area contributed by atoms with Crippen LogP contribution in [0.3, 0.4) is 0 Å². The summed E-state index contributed by atoms with van der Waals surface area (Å²) >= 11 is 0. The van der Waals surface area contributed by atoms with E-state index in [-0.39, 0.29) is 5.91 Å². The predicted molar refractivity (Wildman–Crippen MR) is 67.3 cm³/mol. The summed E-state index contributed by atoms with van der Waals surface area (Å²) in [5.74, 6) is 0.0574. The maximum atomic E-state index is 12.2. The number of imidazole rings is 1. The van der Waals surface area contributed by atoms with Crippen molar-refractivity contribution in [1.29, 1.82) is 0 Å². The third-order valence-corrected chi connectivity index (χ3v) is 3.80. The third-order valence-electron chi connectivity index (χ3n) is 3.80. The molecule has 2 aliphatic heterocycles. The molecule has 18 heavy (non-hydrogen) atoms. The number of aryl methyl sites for hydroxylation is 1. The Hall–Kier alpha value is -1.40. The maximum absolute atomic E-state index is 12.2. The van der Waals surface area contributed by atoms with E-state index in [2.05, 4.69) is 15.2 Å². The van der Waals surface area contributed by atoms with E-state index < -0.39 is 0 Å². The largest absolute Gasteiger partial charge is 0.340 e. The Labute approximate surface area is 107 Å². The van der Waals surface area contributed by atoms with Gasteiger partial charge in [0, 0.05) is 58.6 Å². The first-order valence-corrected chi connectivity index (χ1v) is 6.46. The second kappa shape index (κ2) is 4.70. The highest BCUT2D eigenvalue weighted by Crippen LogP contribution is 2.11. The fraction of sp³-hybridized carbons (Fsp3) is 0.667. The predicted octanol–water partition coefficient (Wildman–Crippen LogP) is -0.850. The first kappa shape index (κ1) is 11.7. The van der Waals surface area contributed by atoms with Gasteiger partial charge < -0.3 is 14.8 Å². The van der Waals surface area contributed by atoms with Crippen LogP contribution in [-0.2, 0) is 7.05 Å². The van der Waals surface area contributed by atoms with Crippen molar-refractivity contribution in [2.75, 3.05) is 39.3 Å². The highest BCUT2D eigenvalue weighted by Gasteiger charge is 2.29. The van der Waals surface area contributed by atoms with Crippen molar-refractivity contribution in [2.24, 2.45) is 7.05 Å². The van der Waals surface area contributed by atoms with Crippen LogP contribution in [0.5, 0.6) is 0 Å². The van der Waals surface area contributed by atoms with Crippen molar-refractivity contribution in [1.82, 2.24) is 24.7 Å². The standard InChI is InChI=1S/C12H19N5O/c1-15-8-11(14-9-15)12(18)17-4-2-16(3-5-17)10-6-13-7-10/h8-10,13H,2-7H2,1H3. The second-order valence-electron chi connectivity index (χ2n) is 5.06. The van der Waals surface area contributed by atoms with Gasteiger partial charge in [0.15, 0.2) is 0 Å². The molecule has 6 nitrogen and oxygen atoms in total. The second-order valence-corrected chi connectivity index (χ2v) is 5.06. The number of nitrogens with zero attached hydrogens (tertiary/aromatic N) is 4. The number of hydrogen-bond acceptors (Lipinski definition) is 4. The molecule has 6 heteroatoms. The summed E-state index contributed by atoms with van der Waals surface area (Å²) in [4.78, 5) is 20.7. The van der Waals surface area contributed by atoms with E-state index in [9.17, 15) is 4.79 Å². The molecule has 0 saturated carbocycles. The van der Waals surface area contributed by atoms with Crippen molar-refractivity contribution in [2.45, 2.75) is 6.04 Å². The molecule has 0 aromatic carbocycles. The first-order chi connectivity index (χ1) is 8.74. The van der Waals surface area contributed by atoms with Crippen molar-refractivity contribution < 1.29 is 4.79 Å². The van der Waals surface area contributed by atoms with Crippen LogP contribution in [0.4, 0.5) is 0 Å². The Balaban J connectivity index is 1.57. The van der Waals surface area contributed by atoms with Crippen LogP contribution in [0.15, 0.2) is 12.5 Å². The van der Waals surface area contributed by atoms with E-state index in [1.165, 1.54) is 0 Å². The minimum atomic E-state index is 0.0574. The molecule has 2 saturated heterocycles. The molecular weight excluding hydrogens is 230 g/mol. The van der Waals surface area contributed by atoms with Gasteiger partial charge in [-0.15, -0.1) is 0 Å². The van der Waals surface area contributed by atoms with Crippen LogP contribution in [0.25, 0.3) is 0 Å². The number of nitrogens with one attached hydrogen (secondary N) is 1. The molecule has 0 atom stereocenters. The molecule has 0 radical (unpaired) electrons. The quantitative estimate of drug-likeness (QED) is 0.742. The maximum Gasteiger partial charge on any atom is 0.274 e. The minimum absolute atomic E-state index is 0.0574. The lowest BCUT2D eigenvalue weighted by atomic mass is 10.1. The SMILES string of the molecule is Cn1cnc(C(=O)N2CCN(C3CNC3)CC2)c1. The zero-order valence-corrected chi connectivity index (χ0v) is 10.7. The Morgan fingerprint density at radius 3 is 2.56 bits per heavy atom. The normalized spacial score (nSPS) is 21.9. The van der Waals surface area contributed by atoms with Gasteiger partial charge in [-0.1, -0.05) is 0 Å². The molecule has 98 valence electrons. The van der Waals surface area contributed by atoms with E-state index >= 15 is 0 Å². The summed E-state index contributed by atoms with van der Waals surface area (Å²) in [6, 6.07) is 0.678. The zero-order chi connectivity index (χ0) is 12.5. The molecule has 3 rings (SSSR count). The minimum Gasteiger partial charge on any atom is -0.340 e. The molecule has 1 aromatic heterocycles. The van der Waals surface area contributed by atoms with E-state index in [1.807, 2.05) is 16.5 Å². The summed E-state index contributed by atoms with van der Waals surface area (Å²) in [7, 11) is 1.88. The Kier molecular flexibility index (Phi) is 3.05. The van der Waals surface area contributed by atoms with Crippen LogP contribution in [-0.4, -0.2) is 70.6 Å². The smallest absolute Gasteiger partial charge is 0.274 e. The molecule has 0 spiro atoms. The van der Waals surface area contributed by atoms with Crippen LogP contribution < -0.4 is 5.32 Å². The average Bonchev–Trinajstić information content (AvgIpc) is 2.74. The van der Waals surface area contributed by atoms with Gasteiger partial charge >= 0.3 is 0 Å². The topological polar surface area (TPSA) is 53.4 Å². The van der Waals surface area contributed by atoms with Crippen molar-refractivity contribution in [3.05, 3.63) is 18.2 Å². The van der Waals surface area contributed by atoms with Gasteiger partial charge in [-0.05, 0) is 0 Å². The lowest BCUT2D eigenvalue weighted by molar-refractivity contribution is 0.0497. The highest BCUT2D eigenvalue weighted by molar-refractivity contribution is 5.92. The fourth-order valence-electron chi connectivity index (χ4n) is 2.51. The third kappa shape index (κ3) is 2.13. The zero-order valence-electron chi connectivity index (χ0n) is 10.7. The molecule has 2 fully saturated rings. The van der Waals surface area contributed by atoms with Gasteiger partial charge in [-0.3, -0.25) is 9.69 Å². The Bertz CT molecular complexity index is 431. The molecule has 0 aliphatic carbocycles. The molecule has 0 unspecified atom stereocenters. The molecule has 1 amide bonds. The van der Waals surface area contributed by atoms with Gasteiger partial charge in [0.1, 0.15) is 5.69 Å².